The van der Waals surface area contributed by atoms with Gasteiger partial charge in [-0.1, -0.05) is 146 Å². The largest absolute Gasteiger partial charge is 0.508 e. The molecule has 0 radical (unpaired) electrons. The van der Waals surface area contributed by atoms with Crippen LogP contribution in [0.5, 0.6) is 17.2 Å². The summed E-state index contributed by atoms with van der Waals surface area (Å²) in [7, 11) is -2.88. The maximum atomic E-state index is 11.6. The Morgan fingerprint density at radius 2 is 0.452 bits per heavy atom. The van der Waals surface area contributed by atoms with Crippen molar-refractivity contribution in [2.75, 3.05) is 0 Å². The third kappa shape index (κ3) is 11.3. The molecule has 0 aliphatic heterocycles. The van der Waals surface area contributed by atoms with Gasteiger partial charge < -0.3 is 20.1 Å². The van der Waals surface area contributed by atoms with Gasteiger partial charge in [-0.2, -0.15) is 0 Å². The van der Waals surface area contributed by atoms with Gasteiger partial charge in [-0.05, 0) is 52.0 Å². The predicted molar refractivity (Wildman–Crippen MR) is 171 cm³/mol. The molecule has 0 fully saturated rings. The van der Waals surface area contributed by atoms with E-state index < -0.39 is 8.32 Å². The van der Waals surface area contributed by atoms with Crippen molar-refractivity contribution in [1.29, 1.82) is 0 Å². The number of aromatic hydroxyl groups is 3. The molecule has 6 heteroatoms. The molecule has 4 N–H and O–H groups in total. The summed E-state index contributed by atoms with van der Waals surface area (Å²) in [6.45, 7) is 0. The van der Waals surface area contributed by atoms with Gasteiger partial charge in [0.15, 0.2) is 0 Å². The SMILES string of the molecule is O[Si](c1ccccc1)(c1ccccc1)c1ccccc1.Oc1ccccc1.Oc1ccccc1.Oc1ccccc1.[Zr]. The fourth-order valence-electron chi connectivity index (χ4n) is 3.82. The van der Waals surface area contributed by atoms with E-state index in [2.05, 4.69) is 0 Å². The van der Waals surface area contributed by atoms with Gasteiger partial charge in [0.2, 0.25) is 0 Å². The van der Waals surface area contributed by atoms with E-state index in [1.54, 1.807) is 72.8 Å². The monoisotopic (exact) mass is 648 g/mol. The first-order valence-electron chi connectivity index (χ1n) is 13.1. The molecule has 0 heterocycles. The van der Waals surface area contributed by atoms with E-state index in [9.17, 15) is 4.80 Å². The molecule has 0 spiro atoms. The Morgan fingerprint density at radius 1 is 0.286 bits per heavy atom. The van der Waals surface area contributed by atoms with Crippen molar-refractivity contribution in [3.8, 4) is 17.2 Å². The van der Waals surface area contributed by atoms with Crippen LogP contribution in [0.25, 0.3) is 0 Å². The first kappa shape index (κ1) is 34.0. The summed E-state index contributed by atoms with van der Waals surface area (Å²) in [5, 5.41) is 28.9. The van der Waals surface area contributed by atoms with E-state index in [4.69, 9.17) is 15.3 Å². The summed E-state index contributed by atoms with van der Waals surface area (Å²) in [6.07, 6.45) is 0. The number of phenols is 3. The number of rotatable bonds is 3. The molecule has 0 atom stereocenters. The zero-order valence-corrected chi connectivity index (χ0v) is 26.6. The summed E-state index contributed by atoms with van der Waals surface area (Å²) in [4.78, 5) is 11.6. The van der Waals surface area contributed by atoms with Gasteiger partial charge in [0.05, 0.1) is 0 Å². The number of benzene rings is 6. The van der Waals surface area contributed by atoms with Crippen LogP contribution >= 0.6 is 0 Å². The topological polar surface area (TPSA) is 80.9 Å². The van der Waals surface area contributed by atoms with Crippen LogP contribution in [0.1, 0.15) is 0 Å². The Hall–Kier alpha value is -4.22. The standard InChI is InChI=1S/C18H16OSi.3C6H6O.Zr/c19-20(16-10-4-1-5-11-16,17-12-6-2-7-13-17)18-14-8-3-9-15-18;3*7-6-4-2-1-3-5-6;/h1-15,19H;3*1-5,7H;. The van der Waals surface area contributed by atoms with E-state index in [-0.39, 0.29) is 26.2 Å². The molecule has 0 aromatic heterocycles. The molecule has 0 bridgehead atoms. The number of hydrogen-bond acceptors (Lipinski definition) is 4. The number of phenolic OH excluding ortho intramolecular Hbond substituents is 3. The van der Waals surface area contributed by atoms with Crippen molar-refractivity contribution >= 4 is 23.9 Å². The van der Waals surface area contributed by atoms with Crippen molar-refractivity contribution in [1.82, 2.24) is 0 Å². The Labute approximate surface area is 268 Å². The minimum Gasteiger partial charge on any atom is -0.508 e. The molecular formula is C36H34O4SiZr. The van der Waals surface area contributed by atoms with Crippen molar-refractivity contribution in [2.45, 2.75) is 0 Å². The summed E-state index contributed by atoms with van der Waals surface area (Å²) in [5.74, 6) is 0.965. The Balaban J connectivity index is 0.000000229. The van der Waals surface area contributed by atoms with Crippen molar-refractivity contribution < 1.29 is 46.3 Å². The zero-order chi connectivity index (χ0) is 29.2. The Bertz CT molecular complexity index is 1310. The second kappa shape index (κ2) is 19.0. The molecule has 0 aliphatic rings. The van der Waals surface area contributed by atoms with Gasteiger partial charge in [0.25, 0.3) is 8.32 Å². The molecule has 0 aliphatic carbocycles. The first-order valence-corrected chi connectivity index (χ1v) is 15.1. The van der Waals surface area contributed by atoms with Crippen LogP contribution in [-0.2, 0) is 26.2 Å². The summed E-state index contributed by atoms with van der Waals surface area (Å²) < 4.78 is 0. The van der Waals surface area contributed by atoms with Gasteiger partial charge in [-0.15, -0.1) is 0 Å². The van der Waals surface area contributed by atoms with Crippen LogP contribution in [0.15, 0.2) is 182 Å². The van der Waals surface area contributed by atoms with Crippen LogP contribution in [0.4, 0.5) is 0 Å². The normalized spacial score (nSPS) is 9.64. The molecular weight excluding hydrogens is 616 g/mol. The van der Waals surface area contributed by atoms with Crippen LogP contribution in [0.3, 0.4) is 0 Å². The van der Waals surface area contributed by atoms with Gasteiger partial charge >= 0.3 is 0 Å². The number of hydrogen-bond donors (Lipinski definition) is 4. The molecule has 0 amide bonds. The molecule has 6 rings (SSSR count). The average molecular weight is 650 g/mol. The molecule has 42 heavy (non-hydrogen) atoms. The molecule has 6 aromatic carbocycles. The zero-order valence-electron chi connectivity index (χ0n) is 23.1. The van der Waals surface area contributed by atoms with Gasteiger partial charge in [0.1, 0.15) is 17.2 Å². The van der Waals surface area contributed by atoms with Crippen LogP contribution < -0.4 is 15.6 Å². The van der Waals surface area contributed by atoms with E-state index in [0.29, 0.717) is 17.2 Å². The summed E-state index contributed by atoms with van der Waals surface area (Å²) >= 11 is 0. The minimum absolute atomic E-state index is 0. The van der Waals surface area contributed by atoms with Crippen molar-refractivity contribution in [3.05, 3.63) is 182 Å². The molecule has 0 unspecified atom stereocenters. The van der Waals surface area contributed by atoms with Crippen molar-refractivity contribution in [3.63, 3.8) is 0 Å². The summed E-state index contributed by atoms with van der Waals surface area (Å²) in [6, 6.07) is 56.1. The average Bonchev–Trinajstić information content (AvgIpc) is 3.04. The molecule has 4 nitrogen and oxygen atoms in total. The van der Waals surface area contributed by atoms with E-state index in [1.165, 1.54) is 0 Å². The second-order valence-electron chi connectivity index (χ2n) is 8.82. The van der Waals surface area contributed by atoms with Gasteiger partial charge in [0, 0.05) is 26.2 Å². The maximum absolute atomic E-state index is 11.6. The first-order chi connectivity index (χ1) is 20.0. The van der Waals surface area contributed by atoms with Gasteiger partial charge in [-0.25, -0.2) is 0 Å². The van der Waals surface area contributed by atoms with Crippen LogP contribution in [-0.4, -0.2) is 28.4 Å². The third-order valence-corrected chi connectivity index (χ3v) is 9.35. The van der Waals surface area contributed by atoms with E-state index in [0.717, 1.165) is 15.6 Å². The Kier molecular flexibility index (Phi) is 15.4. The summed E-state index contributed by atoms with van der Waals surface area (Å²) in [5.41, 5.74) is 0. The fraction of sp³-hybridized carbons (Fsp3) is 0. The van der Waals surface area contributed by atoms with E-state index in [1.807, 2.05) is 109 Å². The fourth-order valence-corrected chi connectivity index (χ4v) is 6.85. The van der Waals surface area contributed by atoms with Crippen molar-refractivity contribution in [2.24, 2.45) is 0 Å². The van der Waals surface area contributed by atoms with Gasteiger partial charge in [-0.3, -0.25) is 0 Å². The number of para-hydroxylation sites is 3. The van der Waals surface area contributed by atoms with E-state index >= 15 is 0 Å². The molecule has 210 valence electrons. The second-order valence-corrected chi connectivity index (χ2v) is 12.0. The molecule has 0 saturated heterocycles. The van der Waals surface area contributed by atoms with Crippen LogP contribution in [0, 0.1) is 0 Å². The molecule has 0 saturated carbocycles. The molecule has 6 aromatic rings. The maximum Gasteiger partial charge on any atom is 0.285 e. The minimum atomic E-state index is -2.88. The Morgan fingerprint density at radius 3 is 0.595 bits per heavy atom. The third-order valence-electron chi connectivity index (χ3n) is 5.84. The predicted octanol–water partition coefficient (Wildman–Crippen LogP) is 5.82. The van der Waals surface area contributed by atoms with Crippen LogP contribution in [0.2, 0.25) is 0 Å². The quantitative estimate of drug-likeness (QED) is 0.144. The smallest absolute Gasteiger partial charge is 0.285 e.